The smallest absolute Gasteiger partial charge is 0.261 e. The van der Waals surface area contributed by atoms with E-state index in [2.05, 4.69) is 15.9 Å². The van der Waals surface area contributed by atoms with Crippen molar-refractivity contribution in [2.75, 3.05) is 0 Å². The number of amides is 2. The first-order valence-electron chi connectivity index (χ1n) is 5.74. The van der Waals surface area contributed by atoms with E-state index in [9.17, 15) is 14.7 Å². The van der Waals surface area contributed by atoms with E-state index >= 15 is 0 Å². The fourth-order valence-electron chi connectivity index (χ4n) is 2.22. The molecular formula is C13H14BrNO3. The highest BCUT2D eigenvalue weighted by Crippen LogP contribution is 2.29. The second-order valence-electron chi connectivity index (χ2n) is 4.63. The quantitative estimate of drug-likeness (QED) is 0.686. The molecule has 2 rings (SSSR count). The molecule has 1 aromatic carbocycles. The van der Waals surface area contributed by atoms with Gasteiger partial charge in [-0.15, -0.1) is 0 Å². The standard InChI is InChI=1S/C13H14BrNO3/c1-7(2)10(11(14)16)15-12(17)8-5-3-4-6-9(8)13(15)18/h3-7,10-11,16H,1-2H3/t10-,11?/m1/s1. The number of hydrogen-bond donors (Lipinski definition) is 1. The minimum Gasteiger partial charge on any atom is -0.380 e. The van der Waals surface area contributed by atoms with E-state index in [1.165, 1.54) is 0 Å². The Morgan fingerprint density at radius 3 is 1.89 bits per heavy atom. The van der Waals surface area contributed by atoms with Gasteiger partial charge in [0.2, 0.25) is 0 Å². The van der Waals surface area contributed by atoms with E-state index in [0.717, 1.165) is 4.90 Å². The Bertz CT molecular complexity index is 456. The van der Waals surface area contributed by atoms with Crippen molar-refractivity contribution in [2.45, 2.75) is 24.9 Å². The van der Waals surface area contributed by atoms with Crippen molar-refractivity contribution in [3.63, 3.8) is 0 Å². The van der Waals surface area contributed by atoms with E-state index in [4.69, 9.17) is 0 Å². The molecule has 1 aliphatic heterocycles. The molecule has 1 aliphatic rings. The van der Waals surface area contributed by atoms with Crippen LogP contribution in [0.1, 0.15) is 34.6 Å². The number of carbonyl (C=O) groups is 2. The first-order chi connectivity index (χ1) is 8.45. The third kappa shape index (κ3) is 1.97. The molecule has 0 radical (unpaired) electrons. The second-order valence-corrected chi connectivity index (χ2v) is 5.57. The molecule has 0 bridgehead atoms. The third-order valence-electron chi connectivity index (χ3n) is 3.09. The summed E-state index contributed by atoms with van der Waals surface area (Å²) in [6, 6.07) is 6.14. The normalized spacial score (nSPS) is 18.2. The van der Waals surface area contributed by atoms with Crippen LogP contribution in [-0.4, -0.2) is 32.9 Å². The van der Waals surface area contributed by atoms with Crippen molar-refractivity contribution in [1.82, 2.24) is 4.90 Å². The van der Waals surface area contributed by atoms with Gasteiger partial charge >= 0.3 is 0 Å². The lowest BCUT2D eigenvalue weighted by Gasteiger charge is -2.30. The minimum absolute atomic E-state index is 0.0402. The molecule has 0 aromatic heterocycles. The van der Waals surface area contributed by atoms with Gasteiger partial charge in [0.1, 0.15) is 5.01 Å². The van der Waals surface area contributed by atoms with Crippen molar-refractivity contribution in [2.24, 2.45) is 5.92 Å². The summed E-state index contributed by atoms with van der Waals surface area (Å²) in [5.74, 6) is -0.720. The van der Waals surface area contributed by atoms with Gasteiger partial charge in [-0.1, -0.05) is 41.9 Å². The van der Waals surface area contributed by atoms with Crippen LogP contribution in [0.2, 0.25) is 0 Å². The second kappa shape index (κ2) is 4.82. The van der Waals surface area contributed by atoms with E-state index < -0.39 is 11.1 Å². The molecule has 0 saturated heterocycles. The van der Waals surface area contributed by atoms with Crippen molar-refractivity contribution >= 4 is 27.7 Å². The van der Waals surface area contributed by atoms with Gasteiger partial charge in [-0.2, -0.15) is 0 Å². The molecule has 0 saturated carbocycles. The number of carbonyl (C=O) groups excluding carboxylic acids is 2. The average molecular weight is 312 g/mol. The first kappa shape index (κ1) is 13.2. The molecule has 1 aromatic rings. The number of alkyl halides is 1. The lowest BCUT2D eigenvalue weighted by molar-refractivity contribution is 0.0415. The Balaban J connectivity index is 2.44. The molecular weight excluding hydrogens is 298 g/mol. The number of benzene rings is 1. The monoisotopic (exact) mass is 311 g/mol. The Kier molecular flexibility index (Phi) is 3.54. The summed E-state index contributed by atoms with van der Waals surface area (Å²) in [4.78, 5) is 25.6. The van der Waals surface area contributed by atoms with Crippen LogP contribution in [0, 0.1) is 5.92 Å². The van der Waals surface area contributed by atoms with Gasteiger partial charge in [0.15, 0.2) is 0 Å². The molecule has 5 heteroatoms. The van der Waals surface area contributed by atoms with Crippen molar-refractivity contribution in [1.29, 1.82) is 0 Å². The topological polar surface area (TPSA) is 57.6 Å². The van der Waals surface area contributed by atoms with E-state index in [0.29, 0.717) is 11.1 Å². The van der Waals surface area contributed by atoms with Gasteiger partial charge in [0, 0.05) is 0 Å². The maximum Gasteiger partial charge on any atom is 0.261 e. The first-order valence-corrected chi connectivity index (χ1v) is 6.65. The van der Waals surface area contributed by atoms with Gasteiger partial charge in [-0.3, -0.25) is 14.5 Å². The largest absolute Gasteiger partial charge is 0.380 e. The Labute approximate surface area is 114 Å². The number of rotatable bonds is 3. The molecule has 2 amide bonds. The van der Waals surface area contributed by atoms with E-state index in [1.54, 1.807) is 24.3 Å². The molecule has 0 aliphatic carbocycles. The van der Waals surface area contributed by atoms with E-state index in [-0.39, 0.29) is 17.7 Å². The molecule has 1 N–H and O–H groups in total. The van der Waals surface area contributed by atoms with Crippen LogP contribution in [0.3, 0.4) is 0 Å². The molecule has 1 unspecified atom stereocenters. The summed E-state index contributed by atoms with van der Waals surface area (Å²) in [5.41, 5.74) is 0.808. The maximum atomic E-state index is 12.2. The molecule has 18 heavy (non-hydrogen) atoms. The number of hydrogen-bond acceptors (Lipinski definition) is 3. The Hall–Kier alpha value is -1.20. The van der Waals surface area contributed by atoms with Gasteiger partial charge in [0.25, 0.3) is 11.8 Å². The zero-order valence-electron chi connectivity index (χ0n) is 10.1. The van der Waals surface area contributed by atoms with E-state index in [1.807, 2.05) is 13.8 Å². The van der Waals surface area contributed by atoms with Crippen LogP contribution in [-0.2, 0) is 0 Å². The highest BCUT2D eigenvalue weighted by molar-refractivity contribution is 9.09. The zero-order chi connectivity index (χ0) is 13.4. The van der Waals surface area contributed by atoms with Crippen LogP contribution >= 0.6 is 15.9 Å². The highest BCUT2D eigenvalue weighted by atomic mass is 79.9. The number of aliphatic hydroxyl groups excluding tert-OH is 1. The fraction of sp³-hybridized carbons (Fsp3) is 0.385. The minimum atomic E-state index is -0.931. The summed E-state index contributed by atoms with van der Waals surface area (Å²) in [6.45, 7) is 3.72. The molecule has 0 spiro atoms. The lowest BCUT2D eigenvalue weighted by atomic mass is 10.0. The summed E-state index contributed by atoms with van der Waals surface area (Å²) in [5, 5.41) is 8.80. The Morgan fingerprint density at radius 1 is 1.11 bits per heavy atom. The third-order valence-corrected chi connectivity index (χ3v) is 3.63. The number of aliphatic hydroxyl groups is 1. The van der Waals surface area contributed by atoms with Crippen molar-refractivity contribution in [3.8, 4) is 0 Å². The zero-order valence-corrected chi connectivity index (χ0v) is 11.7. The van der Waals surface area contributed by atoms with Crippen molar-refractivity contribution in [3.05, 3.63) is 35.4 Å². The summed E-state index contributed by atoms with van der Waals surface area (Å²) in [6.07, 6.45) is 0. The maximum absolute atomic E-state index is 12.2. The van der Waals surface area contributed by atoms with Crippen LogP contribution in [0.15, 0.2) is 24.3 Å². The number of nitrogens with zero attached hydrogens (tertiary/aromatic N) is 1. The molecule has 1 heterocycles. The molecule has 4 nitrogen and oxygen atoms in total. The van der Waals surface area contributed by atoms with Gasteiger partial charge < -0.3 is 5.11 Å². The number of halogens is 1. The lowest BCUT2D eigenvalue weighted by Crippen LogP contribution is -2.48. The predicted octanol–water partition coefficient (Wildman–Crippen LogP) is 2.02. The van der Waals surface area contributed by atoms with Crippen LogP contribution in [0.4, 0.5) is 0 Å². The SMILES string of the molecule is CC(C)[C@H](C(O)Br)N1C(=O)c2ccccc2C1=O. The van der Waals surface area contributed by atoms with Crippen LogP contribution in [0.25, 0.3) is 0 Å². The van der Waals surface area contributed by atoms with Crippen LogP contribution < -0.4 is 0 Å². The van der Waals surface area contributed by atoms with Gasteiger partial charge in [0.05, 0.1) is 17.2 Å². The number of fused-ring (bicyclic) bond motifs is 1. The van der Waals surface area contributed by atoms with Crippen molar-refractivity contribution < 1.29 is 14.7 Å². The predicted molar refractivity (Wildman–Crippen MR) is 70.5 cm³/mol. The van der Waals surface area contributed by atoms with Gasteiger partial charge in [-0.05, 0) is 18.1 Å². The van der Waals surface area contributed by atoms with Gasteiger partial charge in [-0.25, -0.2) is 0 Å². The highest BCUT2D eigenvalue weighted by Gasteiger charge is 2.42. The number of imide groups is 1. The summed E-state index contributed by atoms with van der Waals surface area (Å²) >= 11 is 3.06. The molecule has 2 atom stereocenters. The average Bonchev–Trinajstić information content (AvgIpc) is 2.55. The van der Waals surface area contributed by atoms with Crippen LogP contribution in [0.5, 0.6) is 0 Å². The summed E-state index contributed by atoms with van der Waals surface area (Å²) < 4.78 is 0. The molecule has 96 valence electrons. The Morgan fingerprint density at radius 2 is 1.56 bits per heavy atom. The fourth-order valence-corrected chi connectivity index (χ4v) is 3.06. The summed E-state index contributed by atoms with van der Waals surface area (Å²) in [7, 11) is 0. The molecule has 0 fully saturated rings.